The lowest BCUT2D eigenvalue weighted by molar-refractivity contribution is 0.134. The van der Waals surface area contributed by atoms with Crippen molar-refractivity contribution in [3.63, 3.8) is 0 Å². The molecule has 1 saturated heterocycles. The smallest absolute Gasteiger partial charge is 0.168 e. The molecule has 0 aliphatic carbocycles. The molecule has 29 heavy (non-hydrogen) atoms. The Morgan fingerprint density at radius 3 is 2.17 bits per heavy atom. The fraction of sp³-hybridized carbons (Fsp3) is 0.435. The van der Waals surface area contributed by atoms with Crippen LogP contribution in [0.15, 0.2) is 60.7 Å². The van der Waals surface area contributed by atoms with Crippen LogP contribution in [-0.2, 0) is 13.0 Å². The summed E-state index contributed by atoms with van der Waals surface area (Å²) in [6.45, 7) is 9.43. The molecule has 2 aromatic carbocycles. The molecule has 4 rings (SSSR count). The van der Waals surface area contributed by atoms with Gasteiger partial charge in [0, 0.05) is 38.4 Å². The number of rotatable bonds is 7. The van der Waals surface area contributed by atoms with E-state index in [1.54, 1.807) is 0 Å². The second-order valence-electron chi connectivity index (χ2n) is 8.04. The summed E-state index contributed by atoms with van der Waals surface area (Å²) in [5, 5.41) is 12.8. The summed E-state index contributed by atoms with van der Waals surface area (Å²) < 4.78 is 2.00. The fourth-order valence-corrected chi connectivity index (χ4v) is 4.24. The normalized spacial score (nSPS) is 16.3. The Kier molecular flexibility index (Phi) is 6.20. The van der Waals surface area contributed by atoms with Crippen molar-refractivity contribution in [1.82, 2.24) is 25.1 Å². The van der Waals surface area contributed by atoms with Crippen LogP contribution < -0.4 is 4.90 Å². The molecular formula is C23H30N6. The van der Waals surface area contributed by atoms with Crippen LogP contribution in [0.4, 0.5) is 5.69 Å². The quantitative estimate of drug-likeness (QED) is 0.619. The maximum atomic E-state index is 4.45. The molecule has 1 aliphatic rings. The highest BCUT2D eigenvalue weighted by Gasteiger charge is 2.31. The summed E-state index contributed by atoms with van der Waals surface area (Å²) in [4.78, 5) is 5.01. The van der Waals surface area contributed by atoms with Gasteiger partial charge in [-0.1, -0.05) is 62.4 Å². The average Bonchev–Trinajstić information content (AvgIpc) is 3.22. The van der Waals surface area contributed by atoms with Crippen LogP contribution in [0.3, 0.4) is 0 Å². The second kappa shape index (κ2) is 9.18. The first-order valence-corrected chi connectivity index (χ1v) is 10.6. The van der Waals surface area contributed by atoms with Crippen molar-refractivity contribution >= 4 is 5.69 Å². The van der Waals surface area contributed by atoms with Crippen molar-refractivity contribution in [2.75, 3.05) is 31.1 Å². The van der Waals surface area contributed by atoms with E-state index in [0.29, 0.717) is 5.92 Å². The van der Waals surface area contributed by atoms with Gasteiger partial charge in [0.2, 0.25) is 0 Å². The van der Waals surface area contributed by atoms with Crippen LogP contribution in [0.1, 0.15) is 31.3 Å². The molecule has 0 N–H and O–H groups in total. The molecule has 2 heterocycles. The summed E-state index contributed by atoms with van der Waals surface area (Å²) in [7, 11) is 0. The van der Waals surface area contributed by atoms with Crippen molar-refractivity contribution in [2.45, 2.75) is 32.9 Å². The highest BCUT2D eigenvalue weighted by Crippen LogP contribution is 2.29. The number of hydrogen-bond acceptors (Lipinski definition) is 5. The molecular weight excluding hydrogens is 360 g/mol. The molecule has 0 radical (unpaired) electrons. The van der Waals surface area contributed by atoms with Gasteiger partial charge in [-0.2, -0.15) is 0 Å². The summed E-state index contributed by atoms with van der Waals surface area (Å²) in [5.74, 6) is 1.43. The zero-order chi connectivity index (χ0) is 20.1. The van der Waals surface area contributed by atoms with E-state index in [4.69, 9.17) is 0 Å². The van der Waals surface area contributed by atoms with E-state index in [1.807, 2.05) is 4.68 Å². The van der Waals surface area contributed by atoms with Gasteiger partial charge in [-0.15, -0.1) is 5.10 Å². The van der Waals surface area contributed by atoms with Crippen LogP contribution in [0.5, 0.6) is 0 Å². The molecule has 6 heteroatoms. The van der Waals surface area contributed by atoms with Crippen molar-refractivity contribution in [1.29, 1.82) is 0 Å². The van der Waals surface area contributed by atoms with Gasteiger partial charge in [0.1, 0.15) is 0 Å². The van der Waals surface area contributed by atoms with E-state index in [-0.39, 0.29) is 6.04 Å². The van der Waals surface area contributed by atoms with E-state index in [0.717, 1.165) is 45.0 Å². The Labute approximate surface area is 173 Å². The van der Waals surface area contributed by atoms with E-state index in [2.05, 4.69) is 99.8 Å². The third-order valence-electron chi connectivity index (χ3n) is 5.74. The minimum Gasteiger partial charge on any atom is -0.369 e. The van der Waals surface area contributed by atoms with Crippen molar-refractivity contribution in [2.24, 2.45) is 5.92 Å². The number of tetrazole rings is 1. The van der Waals surface area contributed by atoms with Crippen LogP contribution in [-0.4, -0.2) is 51.3 Å². The van der Waals surface area contributed by atoms with E-state index in [1.165, 1.54) is 11.3 Å². The maximum Gasteiger partial charge on any atom is 0.168 e. The predicted octanol–water partition coefficient (Wildman–Crippen LogP) is 3.44. The van der Waals surface area contributed by atoms with Crippen LogP contribution in [0, 0.1) is 5.92 Å². The van der Waals surface area contributed by atoms with Gasteiger partial charge >= 0.3 is 0 Å². The molecule has 0 spiro atoms. The van der Waals surface area contributed by atoms with Crippen LogP contribution in [0.25, 0.3) is 0 Å². The number of nitrogens with zero attached hydrogens (tertiary/aromatic N) is 6. The third-order valence-corrected chi connectivity index (χ3v) is 5.74. The van der Waals surface area contributed by atoms with Gasteiger partial charge < -0.3 is 4.90 Å². The molecule has 1 atom stereocenters. The van der Waals surface area contributed by atoms with Gasteiger partial charge in [-0.3, -0.25) is 4.90 Å². The van der Waals surface area contributed by atoms with E-state index >= 15 is 0 Å². The molecule has 6 nitrogen and oxygen atoms in total. The van der Waals surface area contributed by atoms with Gasteiger partial charge in [-0.05, 0) is 40.5 Å². The first-order chi connectivity index (χ1) is 14.2. The summed E-state index contributed by atoms with van der Waals surface area (Å²) in [6.07, 6.45) is 0.936. The number of aryl methyl sites for hydroxylation is 2. The topological polar surface area (TPSA) is 50.1 Å². The summed E-state index contributed by atoms with van der Waals surface area (Å²) >= 11 is 0. The number of para-hydroxylation sites is 1. The summed E-state index contributed by atoms with van der Waals surface area (Å²) in [6, 6.07) is 21.5. The molecule has 0 bridgehead atoms. The van der Waals surface area contributed by atoms with Crippen LogP contribution in [0.2, 0.25) is 0 Å². The molecule has 0 unspecified atom stereocenters. The Morgan fingerprint density at radius 2 is 1.52 bits per heavy atom. The number of piperazine rings is 1. The predicted molar refractivity (Wildman–Crippen MR) is 116 cm³/mol. The maximum absolute atomic E-state index is 4.45. The van der Waals surface area contributed by atoms with Gasteiger partial charge in [0.15, 0.2) is 5.82 Å². The highest BCUT2D eigenvalue weighted by molar-refractivity contribution is 5.46. The number of hydrogen-bond donors (Lipinski definition) is 0. The third kappa shape index (κ3) is 4.65. The SMILES string of the molecule is CC(C)[C@@H](c1nnnn1CCc1ccccc1)N1CCN(c2ccccc2)CC1. The van der Waals surface area contributed by atoms with E-state index < -0.39 is 0 Å². The molecule has 1 fully saturated rings. The number of benzene rings is 2. The average molecular weight is 391 g/mol. The zero-order valence-electron chi connectivity index (χ0n) is 17.4. The Balaban J connectivity index is 1.44. The van der Waals surface area contributed by atoms with Gasteiger partial charge in [-0.25, -0.2) is 4.68 Å². The first kappa shape index (κ1) is 19.6. The number of anilines is 1. The molecule has 0 amide bonds. The zero-order valence-corrected chi connectivity index (χ0v) is 17.4. The second-order valence-corrected chi connectivity index (χ2v) is 8.04. The largest absolute Gasteiger partial charge is 0.369 e. The standard InChI is InChI=1S/C23H30N6/c1-19(2)22(28-17-15-27(16-18-28)21-11-7-4-8-12-21)23-24-25-26-29(23)14-13-20-9-5-3-6-10-20/h3-12,19,22H,13-18H2,1-2H3/t22-/m0/s1. The lowest BCUT2D eigenvalue weighted by atomic mass is 10.0. The van der Waals surface area contributed by atoms with Gasteiger partial charge in [0.25, 0.3) is 0 Å². The number of aromatic nitrogens is 4. The Hall–Kier alpha value is -2.73. The molecule has 152 valence electrons. The highest BCUT2D eigenvalue weighted by atomic mass is 15.6. The Bertz CT molecular complexity index is 869. The Morgan fingerprint density at radius 1 is 0.862 bits per heavy atom. The van der Waals surface area contributed by atoms with Gasteiger partial charge in [0.05, 0.1) is 6.04 Å². The molecule has 1 aromatic heterocycles. The first-order valence-electron chi connectivity index (χ1n) is 10.6. The molecule has 0 saturated carbocycles. The van der Waals surface area contributed by atoms with Crippen LogP contribution >= 0.6 is 0 Å². The van der Waals surface area contributed by atoms with E-state index in [9.17, 15) is 0 Å². The summed E-state index contributed by atoms with van der Waals surface area (Å²) in [5.41, 5.74) is 2.62. The molecule has 3 aromatic rings. The lowest BCUT2D eigenvalue weighted by Crippen LogP contribution is -2.49. The minimum atomic E-state index is 0.235. The monoisotopic (exact) mass is 390 g/mol. The van der Waals surface area contributed by atoms with Crippen molar-refractivity contribution in [3.8, 4) is 0 Å². The molecule has 1 aliphatic heterocycles. The fourth-order valence-electron chi connectivity index (χ4n) is 4.24. The van der Waals surface area contributed by atoms with Crippen molar-refractivity contribution in [3.05, 3.63) is 72.1 Å². The minimum absolute atomic E-state index is 0.235. The van der Waals surface area contributed by atoms with Crippen molar-refractivity contribution < 1.29 is 0 Å². The lowest BCUT2D eigenvalue weighted by Gasteiger charge is -2.41.